The molecular formula is C11H10N4O2. The fraction of sp³-hybridized carbons (Fsp3) is 0. The highest BCUT2D eigenvalue weighted by Crippen LogP contribution is 2.19. The molecule has 1 aromatic heterocycles. The first-order valence-corrected chi connectivity index (χ1v) is 4.81. The molecule has 0 spiro atoms. The van der Waals surface area contributed by atoms with Crippen LogP contribution in [0.4, 0.5) is 11.4 Å². The van der Waals surface area contributed by atoms with Crippen molar-refractivity contribution >= 4 is 17.3 Å². The van der Waals surface area contributed by atoms with Gasteiger partial charge in [-0.15, -0.1) is 0 Å². The second kappa shape index (κ2) is 4.48. The van der Waals surface area contributed by atoms with E-state index in [1.165, 1.54) is 36.9 Å². The van der Waals surface area contributed by atoms with Crippen molar-refractivity contribution < 1.29 is 9.90 Å². The highest BCUT2D eigenvalue weighted by molar-refractivity contribution is 6.07. The maximum absolute atomic E-state index is 11.8. The lowest BCUT2D eigenvalue weighted by Gasteiger charge is -2.07. The molecule has 0 saturated carbocycles. The van der Waals surface area contributed by atoms with Gasteiger partial charge in [0, 0.05) is 5.69 Å². The van der Waals surface area contributed by atoms with Gasteiger partial charge in [-0.2, -0.15) is 0 Å². The monoisotopic (exact) mass is 230 g/mol. The SMILES string of the molecule is Nc1ccc(O)cc1C(=O)Nc1cncnc1. The first-order chi connectivity index (χ1) is 8.16. The van der Waals surface area contributed by atoms with E-state index in [2.05, 4.69) is 15.3 Å². The van der Waals surface area contributed by atoms with Crippen LogP contribution in [-0.2, 0) is 0 Å². The number of nitrogens with two attached hydrogens (primary N) is 1. The van der Waals surface area contributed by atoms with Gasteiger partial charge >= 0.3 is 0 Å². The Bertz CT molecular complexity index is 542. The van der Waals surface area contributed by atoms with Crippen molar-refractivity contribution in [1.29, 1.82) is 0 Å². The highest BCUT2D eigenvalue weighted by Gasteiger charge is 2.10. The molecule has 0 aliphatic heterocycles. The van der Waals surface area contributed by atoms with Gasteiger partial charge < -0.3 is 16.2 Å². The summed E-state index contributed by atoms with van der Waals surface area (Å²) < 4.78 is 0. The number of nitrogen functional groups attached to an aromatic ring is 1. The smallest absolute Gasteiger partial charge is 0.257 e. The summed E-state index contributed by atoms with van der Waals surface area (Å²) in [5.41, 5.74) is 6.59. The van der Waals surface area contributed by atoms with E-state index in [9.17, 15) is 9.90 Å². The molecule has 86 valence electrons. The van der Waals surface area contributed by atoms with E-state index in [0.29, 0.717) is 5.69 Å². The van der Waals surface area contributed by atoms with E-state index >= 15 is 0 Å². The summed E-state index contributed by atoms with van der Waals surface area (Å²) in [6.45, 7) is 0. The Morgan fingerprint density at radius 3 is 2.71 bits per heavy atom. The number of hydrogen-bond acceptors (Lipinski definition) is 5. The number of phenols is 1. The first kappa shape index (κ1) is 10.9. The molecule has 1 heterocycles. The molecule has 0 aliphatic rings. The normalized spacial score (nSPS) is 9.88. The van der Waals surface area contributed by atoms with Crippen LogP contribution in [0.2, 0.25) is 0 Å². The van der Waals surface area contributed by atoms with Crippen LogP contribution in [-0.4, -0.2) is 21.0 Å². The lowest BCUT2D eigenvalue weighted by molar-refractivity contribution is 0.102. The quantitative estimate of drug-likeness (QED) is 0.528. The summed E-state index contributed by atoms with van der Waals surface area (Å²) in [6.07, 6.45) is 4.28. The molecule has 0 radical (unpaired) electrons. The fourth-order valence-electron chi connectivity index (χ4n) is 1.30. The van der Waals surface area contributed by atoms with Gasteiger partial charge in [-0.1, -0.05) is 0 Å². The molecule has 2 aromatic rings. The van der Waals surface area contributed by atoms with E-state index in [0.717, 1.165) is 0 Å². The Hall–Kier alpha value is -2.63. The van der Waals surface area contributed by atoms with Crippen LogP contribution >= 0.6 is 0 Å². The van der Waals surface area contributed by atoms with E-state index in [-0.39, 0.29) is 17.0 Å². The van der Waals surface area contributed by atoms with Gasteiger partial charge in [-0.3, -0.25) is 4.79 Å². The summed E-state index contributed by atoms with van der Waals surface area (Å²) in [6, 6.07) is 4.18. The topological polar surface area (TPSA) is 101 Å². The lowest BCUT2D eigenvalue weighted by Crippen LogP contribution is -2.14. The number of hydrogen-bond donors (Lipinski definition) is 3. The molecule has 6 nitrogen and oxygen atoms in total. The number of benzene rings is 1. The Labute approximate surface area is 97.1 Å². The van der Waals surface area contributed by atoms with Crippen LogP contribution in [0.25, 0.3) is 0 Å². The van der Waals surface area contributed by atoms with Crippen LogP contribution < -0.4 is 11.1 Å². The summed E-state index contributed by atoms with van der Waals surface area (Å²) >= 11 is 0. The van der Waals surface area contributed by atoms with E-state index in [1.54, 1.807) is 0 Å². The number of phenolic OH excluding ortho intramolecular Hbond substituents is 1. The number of nitrogens with one attached hydrogen (secondary N) is 1. The fourth-order valence-corrected chi connectivity index (χ4v) is 1.30. The summed E-state index contributed by atoms with van der Waals surface area (Å²) in [7, 11) is 0. The first-order valence-electron chi connectivity index (χ1n) is 4.81. The number of amides is 1. The molecule has 0 unspecified atom stereocenters. The van der Waals surface area contributed by atoms with Gasteiger partial charge in [0.25, 0.3) is 5.91 Å². The number of aromatic nitrogens is 2. The van der Waals surface area contributed by atoms with Gasteiger partial charge in [-0.25, -0.2) is 9.97 Å². The summed E-state index contributed by atoms with van der Waals surface area (Å²) in [5, 5.41) is 11.9. The average Bonchev–Trinajstić information content (AvgIpc) is 2.33. The molecule has 1 aromatic carbocycles. The zero-order valence-electron chi connectivity index (χ0n) is 8.79. The number of aromatic hydroxyl groups is 1. The Kier molecular flexibility index (Phi) is 2.87. The second-order valence-electron chi connectivity index (χ2n) is 3.35. The lowest BCUT2D eigenvalue weighted by atomic mass is 10.1. The molecule has 0 aliphatic carbocycles. The maximum Gasteiger partial charge on any atom is 0.257 e. The third-order valence-corrected chi connectivity index (χ3v) is 2.10. The molecule has 6 heteroatoms. The molecule has 0 fully saturated rings. The Morgan fingerprint density at radius 1 is 1.29 bits per heavy atom. The van der Waals surface area contributed by atoms with E-state index in [1.807, 2.05) is 0 Å². The molecule has 4 N–H and O–H groups in total. The van der Waals surface area contributed by atoms with Gasteiger partial charge in [0.05, 0.1) is 23.6 Å². The predicted octanol–water partition coefficient (Wildman–Crippen LogP) is 1.02. The number of carbonyl (C=O) groups is 1. The number of nitrogens with zero attached hydrogens (tertiary/aromatic N) is 2. The number of carbonyl (C=O) groups excluding carboxylic acids is 1. The molecule has 0 bridgehead atoms. The minimum atomic E-state index is -0.423. The minimum Gasteiger partial charge on any atom is -0.508 e. The largest absolute Gasteiger partial charge is 0.508 e. The summed E-state index contributed by atoms with van der Waals surface area (Å²) in [5.74, 6) is -0.443. The molecule has 0 atom stereocenters. The molecule has 0 saturated heterocycles. The number of rotatable bonds is 2. The summed E-state index contributed by atoms with van der Waals surface area (Å²) in [4.78, 5) is 19.4. The second-order valence-corrected chi connectivity index (χ2v) is 3.35. The van der Waals surface area contributed by atoms with Crippen LogP contribution in [0.5, 0.6) is 5.75 Å². The third-order valence-electron chi connectivity index (χ3n) is 2.10. The molecule has 2 rings (SSSR count). The van der Waals surface area contributed by atoms with Crippen LogP contribution in [0.3, 0.4) is 0 Å². The van der Waals surface area contributed by atoms with Gasteiger partial charge in [0.1, 0.15) is 12.1 Å². The average molecular weight is 230 g/mol. The Balaban J connectivity index is 2.23. The highest BCUT2D eigenvalue weighted by atomic mass is 16.3. The van der Waals surface area contributed by atoms with Crippen LogP contribution in [0.1, 0.15) is 10.4 Å². The minimum absolute atomic E-state index is 0.0198. The van der Waals surface area contributed by atoms with Crippen molar-refractivity contribution in [2.24, 2.45) is 0 Å². The van der Waals surface area contributed by atoms with Crippen molar-refractivity contribution in [1.82, 2.24) is 9.97 Å². The molecule has 1 amide bonds. The van der Waals surface area contributed by atoms with Crippen molar-refractivity contribution in [2.75, 3.05) is 11.1 Å². The van der Waals surface area contributed by atoms with Gasteiger partial charge in [-0.05, 0) is 18.2 Å². The van der Waals surface area contributed by atoms with Crippen molar-refractivity contribution in [3.05, 3.63) is 42.5 Å². The zero-order chi connectivity index (χ0) is 12.3. The van der Waals surface area contributed by atoms with Crippen molar-refractivity contribution in [3.8, 4) is 5.75 Å². The predicted molar refractivity (Wildman–Crippen MR) is 62.5 cm³/mol. The van der Waals surface area contributed by atoms with E-state index in [4.69, 9.17) is 5.73 Å². The van der Waals surface area contributed by atoms with Gasteiger partial charge in [0.2, 0.25) is 0 Å². The maximum atomic E-state index is 11.8. The van der Waals surface area contributed by atoms with E-state index < -0.39 is 5.91 Å². The van der Waals surface area contributed by atoms with Crippen molar-refractivity contribution in [2.45, 2.75) is 0 Å². The van der Waals surface area contributed by atoms with Gasteiger partial charge in [0.15, 0.2) is 0 Å². The van der Waals surface area contributed by atoms with Crippen LogP contribution in [0.15, 0.2) is 36.9 Å². The van der Waals surface area contributed by atoms with Crippen LogP contribution in [0, 0.1) is 0 Å². The standard InChI is InChI=1S/C11H10N4O2/c12-10-2-1-8(16)3-9(10)11(17)15-7-4-13-6-14-5-7/h1-6,16H,12H2,(H,15,17). The number of anilines is 2. The Morgan fingerprint density at radius 2 is 2.00 bits per heavy atom. The zero-order valence-corrected chi connectivity index (χ0v) is 8.79. The molecular weight excluding hydrogens is 220 g/mol. The molecule has 17 heavy (non-hydrogen) atoms. The third kappa shape index (κ3) is 2.49. The van der Waals surface area contributed by atoms with Crippen molar-refractivity contribution in [3.63, 3.8) is 0 Å².